The van der Waals surface area contributed by atoms with Crippen molar-refractivity contribution in [3.8, 4) is 0 Å². The Labute approximate surface area is 205 Å². The summed E-state index contributed by atoms with van der Waals surface area (Å²) in [6.07, 6.45) is 0. The fourth-order valence-electron chi connectivity index (χ4n) is 3.90. The lowest BCUT2D eigenvalue weighted by Crippen LogP contribution is -2.43. The lowest BCUT2D eigenvalue weighted by molar-refractivity contribution is 0.0951. The van der Waals surface area contributed by atoms with Gasteiger partial charge in [0.15, 0.2) is 0 Å². The molecular weight excluding hydrogens is 467 g/mol. The number of halogens is 1. The molecule has 184 valence electrons. The van der Waals surface area contributed by atoms with E-state index in [1.54, 1.807) is 12.1 Å². The summed E-state index contributed by atoms with van der Waals surface area (Å²) in [4.78, 5) is 17.3. The van der Waals surface area contributed by atoms with Crippen molar-refractivity contribution in [3.05, 3.63) is 95.3 Å². The Morgan fingerprint density at radius 3 is 2.26 bits per heavy atom. The summed E-state index contributed by atoms with van der Waals surface area (Å²) in [5.74, 6) is -0.761. The summed E-state index contributed by atoms with van der Waals surface area (Å²) in [6, 6.07) is 18.9. The van der Waals surface area contributed by atoms with E-state index in [-0.39, 0.29) is 10.8 Å². The minimum atomic E-state index is -3.85. The summed E-state index contributed by atoms with van der Waals surface area (Å²) in [5, 5.41) is 2.92. The SMILES string of the molecule is CN1CCN(Cc2cccc(CNC(=O)c3ccc(NS(=O)(=O)c4ccc(F)cc4)cc3)c2)CC1. The number of carbonyl (C=O) groups is 1. The highest BCUT2D eigenvalue weighted by Crippen LogP contribution is 2.17. The van der Waals surface area contributed by atoms with Crippen molar-refractivity contribution in [2.45, 2.75) is 18.0 Å². The Hall–Kier alpha value is -3.27. The van der Waals surface area contributed by atoms with Crippen LogP contribution in [0.1, 0.15) is 21.5 Å². The van der Waals surface area contributed by atoms with Crippen LogP contribution in [0.15, 0.2) is 77.7 Å². The van der Waals surface area contributed by atoms with Crippen LogP contribution in [-0.4, -0.2) is 57.4 Å². The molecule has 0 unspecified atom stereocenters. The molecule has 3 aromatic rings. The van der Waals surface area contributed by atoms with Crippen LogP contribution in [0.2, 0.25) is 0 Å². The highest BCUT2D eigenvalue weighted by Gasteiger charge is 2.16. The minimum Gasteiger partial charge on any atom is -0.348 e. The summed E-state index contributed by atoms with van der Waals surface area (Å²) >= 11 is 0. The summed E-state index contributed by atoms with van der Waals surface area (Å²) in [6.45, 7) is 5.53. The van der Waals surface area contributed by atoms with E-state index < -0.39 is 15.8 Å². The monoisotopic (exact) mass is 496 g/mol. The van der Waals surface area contributed by atoms with Crippen LogP contribution in [-0.2, 0) is 23.1 Å². The third-order valence-corrected chi connectivity index (χ3v) is 7.37. The molecule has 9 heteroatoms. The number of anilines is 1. The normalized spacial score (nSPS) is 15.0. The second kappa shape index (κ2) is 11.0. The van der Waals surface area contributed by atoms with Crippen molar-refractivity contribution < 1.29 is 17.6 Å². The second-order valence-electron chi connectivity index (χ2n) is 8.72. The molecule has 1 aliphatic heterocycles. The maximum atomic E-state index is 13.1. The van der Waals surface area contributed by atoms with Crippen LogP contribution in [0, 0.1) is 5.82 Å². The number of amides is 1. The van der Waals surface area contributed by atoms with Crippen molar-refractivity contribution in [1.29, 1.82) is 0 Å². The Morgan fingerprint density at radius 2 is 1.57 bits per heavy atom. The molecule has 0 radical (unpaired) electrons. The van der Waals surface area contributed by atoms with E-state index in [0.717, 1.165) is 50.4 Å². The number of piperazine rings is 1. The molecule has 4 rings (SSSR count). The summed E-state index contributed by atoms with van der Waals surface area (Å²) < 4.78 is 40.4. The quantitative estimate of drug-likeness (QED) is 0.500. The van der Waals surface area contributed by atoms with Gasteiger partial charge in [-0.25, -0.2) is 12.8 Å². The molecule has 1 aliphatic rings. The van der Waals surface area contributed by atoms with Crippen molar-refractivity contribution in [1.82, 2.24) is 15.1 Å². The van der Waals surface area contributed by atoms with Crippen LogP contribution in [0.4, 0.5) is 10.1 Å². The number of sulfonamides is 1. The van der Waals surface area contributed by atoms with Gasteiger partial charge in [-0.2, -0.15) is 0 Å². The number of likely N-dealkylation sites (N-methyl/N-ethyl adjacent to an activating group) is 1. The minimum absolute atomic E-state index is 0.0458. The molecule has 0 bridgehead atoms. The van der Waals surface area contributed by atoms with Gasteiger partial charge < -0.3 is 10.2 Å². The molecule has 1 saturated heterocycles. The Bertz CT molecular complexity index is 1260. The Balaban J connectivity index is 1.31. The number of nitrogens with one attached hydrogen (secondary N) is 2. The zero-order chi connectivity index (χ0) is 24.8. The van der Waals surface area contributed by atoms with Gasteiger partial charge in [0.1, 0.15) is 5.82 Å². The molecule has 1 fully saturated rings. The molecule has 0 saturated carbocycles. The fraction of sp³-hybridized carbons (Fsp3) is 0.269. The fourth-order valence-corrected chi connectivity index (χ4v) is 4.96. The van der Waals surface area contributed by atoms with Crippen molar-refractivity contribution in [2.75, 3.05) is 37.9 Å². The zero-order valence-corrected chi connectivity index (χ0v) is 20.4. The van der Waals surface area contributed by atoms with E-state index in [1.807, 2.05) is 12.1 Å². The van der Waals surface area contributed by atoms with Crippen LogP contribution >= 0.6 is 0 Å². The average molecular weight is 497 g/mol. The van der Waals surface area contributed by atoms with E-state index in [2.05, 4.69) is 39.0 Å². The van der Waals surface area contributed by atoms with Gasteiger partial charge >= 0.3 is 0 Å². The van der Waals surface area contributed by atoms with E-state index in [0.29, 0.717) is 17.8 Å². The van der Waals surface area contributed by atoms with Crippen LogP contribution in [0.5, 0.6) is 0 Å². The largest absolute Gasteiger partial charge is 0.348 e. The molecule has 0 atom stereocenters. The highest BCUT2D eigenvalue weighted by molar-refractivity contribution is 7.92. The third kappa shape index (κ3) is 6.88. The molecule has 0 aliphatic carbocycles. The Kier molecular flexibility index (Phi) is 7.80. The maximum Gasteiger partial charge on any atom is 0.261 e. The van der Waals surface area contributed by atoms with Gasteiger partial charge in [0.25, 0.3) is 15.9 Å². The number of rotatable bonds is 8. The van der Waals surface area contributed by atoms with Gasteiger partial charge in [0, 0.05) is 50.5 Å². The van der Waals surface area contributed by atoms with Gasteiger partial charge in [0.05, 0.1) is 4.90 Å². The molecular formula is C26H29FN4O3S. The van der Waals surface area contributed by atoms with Crippen LogP contribution < -0.4 is 10.0 Å². The second-order valence-corrected chi connectivity index (χ2v) is 10.4. The lowest BCUT2D eigenvalue weighted by Gasteiger charge is -2.32. The topological polar surface area (TPSA) is 81.8 Å². The van der Waals surface area contributed by atoms with E-state index in [1.165, 1.54) is 29.8 Å². The molecule has 7 nitrogen and oxygen atoms in total. The van der Waals surface area contributed by atoms with Gasteiger partial charge in [-0.05, 0) is 66.7 Å². The van der Waals surface area contributed by atoms with Gasteiger partial charge in [-0.15, -0.1) is 0 Å². The first kappa shape index (κ1) is 24.8. The van der Waals surface area contributed by atoms with Crippen LogP contribution in [0.3, 0.4) is 0 Å². The first-order chi connectivity index (χ1) is 16.8. The van der Waals surface area contributed by atoms with Gasteiger partial charge in [-0.3, -0.25) is 14.4 Å². The van der Waals surface area contributed by atoms with Crippen molar-refractivity contribution >= 4 is 21.6 Å². The first-order valence-electron chi connectivity index (χ1n) is 11.4. The average Bonchev–Trinajstić information content (AvgIpc) is 2.85. The predicted octanol–water partition coefficient (Wildman–Crippen LogP) is 3.30. The molecule has 2 N–H and O–H groups in total. The predicted molar refractivity (Wildman–Crippen MR) is 134 cm³/mol. The number of hydrogen-bond acceptors (Lipinski definition) is 5. The molecule has 1 amide bonds. The van der Waals surface area contributed by atoms with Gasteiger partial charge in [-0.1, -0.05) is 24.3 Å². The zero-order valence-electron chi connectivity index (χ0n) is 19.6. The maximum absolute atomic E-state index is 13.1. The molecule has 1 heterocycles. The summed E-state index contributed by atoms with van der Waals surface area (Å²) in [7, 11) is -1.71. The first-order valence-corrected chi connectivity index (χ1v) is 12.9. The van der Waals surface area contributed by atoms with E-state index >= 15 is 0 Å². The highest BCUT2D eigenvalue weighted by atomic mass is 32.2. The molecule has 35 heavy (non-hydrogen) atoms. The van der Waals surface area contributed by atoms with E-state index in [4.69, 9.17) is 0 Å². The molecule has 0 spiro atoms. The Morgan fingerprint density at radius 1 is 0.914 bits per heavy atom. The third-order valence-electron chi connectivity index (χ3n) is 5.97. The van der Waals surface area contributed by atoms with Crippen molar-refractivity contribution in [3.63, 3.8) is 0 Å². The van der Waals surface area contributed by atoms with Gasteiger partial charge in [0.2, 0.25) is 0 Å². The number of hydrogen-bond donors (Lipinski definition) is 2. The summed E-state index contributed by atoms with van der Waals surface area (Å²) in [5.41, 5.74) is 2.97. The molecule has 0 aromatic heterocycles. The lowest BCUT2D eigenvalue weighted by atomic mass is 10.1. The standard InChI is InChI=1S/C26H29FN4O3S/c1-30-13-15-31(16-14-30)19-21-4-2-3-20(17-21)18-28-26(32)22-5-9-24(10-6-22)29-35(33,34)25-11-7-23(27)8-12-25/h2-12,17,29H,13-16,18-19H2,1H3,(H,28,32). The number of carbonyl (C=O) groups excluding carboxylic acids is 1. The smallest absolute Gasteiger partial charge is 0.261 e. The number of nitrogens with zero attached hydrogens (tertiary/aromatic N) is 2. The van der Waals surface area contributed by atoms with E-state index in [9.17, 15) is 17.6 Å². The van der Waals surface area contributed by atoms with Crippen molar-refractivity contribution in [2.24, 2.45) is 0 Å². The number of benzene rings is 3. The molecule has 3 aromatic carbocycles. The van der Waals surface area contributed by atoms with Crippen LogP contribution in [0.25, 0.3) is 0 Å².